The molecule has 11 heteroatoms. The van der Waals surface area contributed by atoms with Gasteiger partial charge in [0.25, 0.3) is 0 Å². The summed E-state index contributed by atoms with van der Waals surface area (Å²) in [6, 6.07) is -0.340. The molecule has 1 aliphatic heterocycles. The third kappa shape index (κ3) is 8.70. The van der Waals surface area contributed by atoms with E-state index in [1.165, 1.54) is 0 Å². The average molecular weight is 388 g/mol. The van der Waals surface area contributed by atoms with Gasteiger partial charge in [-0.3, -0.25) is 4.94 Å². The van der Waals surface area contributed by atoms with E-state index in [0.29, 0.717) is 32.3 Å². The minimum absolute atomic E-state index is 0.356. The summed E-state index contributed by atoms with van der Waals surface area (Å²) >= 11 is 0. The molecule has 3 atom stereocenters. The predicted octanol–water partition coefficient (Wildman–Crippen LogP) is 2.32. The molecule has 26 heavy (non-hydrogen) atoms. The van der Waals surface area contributed by atoms with Crippen LogP contribution in [0.25, 0.3) is 0 Å². The van der Waals surface area contributed by atoms with Crippen LogP contribution < -0.4 is 4.94 Å². The molecular weight excluding hydrogens is 364 g/mol. The zero-order chi connectivity index (χ0) is 20.2. The molecule has 2 N–H and O–H groups in total. The number of alkyl halides is 3. The molecule has 2 rings (SSSR count). The number of rotatable bonds is 4. The van der Waals surface area contributed by atoms with Gasteiger partial charge >= 0.3 is 12.2 Å². The summed E-state index contributed by atoms with van der Waals surface area (Å²) in [5.41, 5.74) is -1.25. The number of ether oxygens (including phenoxy) is 2. The molecule has 0 saturated carbocycles. The zero-order valence-electron chi connectivity index (χ0n) is 14.7. The molecule has 0 aliphatic carbocycles. The molecule has 1 fully saturated rings. The van der Waals surface area contributed by atoms with Crippen LogP contribution >= 0.6 is 0 Å². The normalized spacial score (nSPS) is 22.4. The standard InChI is InChI=1S/C8H16O4.C5H2F4N2O.C2H6/c1-2-11-5-7-8(10)6(9)3-4-12-7;6-5(7,8)3-1-2-10-4(11-3)12-9;1-2/h6-10H,2-5H2,1H3;1-2H;1-2H3. The third-order valence-corrected chi connectivity index (χ3v) is 3.00. The Kier molecular flexibility index (Phi) is 12.0. The maximum Gasteiger partial charge on any atom is 0.433 e. The summed E-state index contributed by atoms with van der Waals surface area (Å²) in [7, 11) is 0. The van der Waals surface area contributed by atoms with E-state index in [9.17, 15) is 27.9 Å². The number of hydrogen-bond donors (Lipinski definition) is 2. The molecule has 0 amide bonds. The van der Waals surface area contributed by atoms with Gasteiger partial charge in [0.15, 0.2) is 5.69 Å². The molecule has 0 aromatic carbocycles. The average Bonchev–Trinajstić information content (AvgIpc) is 2.64. The van der Waals surface area contributed by atoms with Crippen LogP contribution in [0.5, 0.6) is 6.01 Å². The van der Waals surface area contributed by atoms with Crippen molar-refractivity contribution in [2.45, 2.75) is 51.7 Å². The molecule has 152 valence electrons. The van der Waals surface area contributed by atoms with Crippen LogP contribution in [-0.4, -0.2) is 58.3 Å². The van der Waals surface area contributed by atoms with Crippen LogP contribution in [0.1, 0.15) is 32.9 Å². The van der Waals surface area contributed by atoms with E-state index in [2.05, 4.69) is 14.9 Å². The van der Waals surface area contributed by atoms with Gasteiger partial charge in [-0.25, -0.2) is 4.98 Å². The maximum atomic E-state index is 11.8. The van der Waals surface area contributed by atoms with Crippen LogP contribution in [-0.2, 0) is 15.7 Å². The Morgan fingerprint density at radius 1 is 1.31 bits per heavy atom. The van der Waals surface area contributed by atoms with Gasteiger partial charge in [-0.15, -0.1) is 0 Å². The van der Waals surface area contributed by atoms with Gasteiger partial charge < -0.3 is 19.7 Å². The number of hydrogen-bond acceptors (Lipinski definition) is 7. The minimum Gasteiger partial charge on any atom is -0.390 e. The van der Waals surface area contributed by atoms with Crippen molar-refractivity contribution in [1.29, 1.82) is 0 Å². The lowest BCUT2D eigenvalue weighted by Crippen LogP contribution is -2.46. The first-order valence-electron chi connectivity index (χ1n) is 8.03. The van der Waals surface area contributed by atoms with Crippen LogP contribution in [0.15, 0.2) is 12.3 Å². The lowest BCUT2D eigenvalue weighted by atomic mass is 10.0. The van der Waals surface area contributed by atoms with Gasteiger partial charge in [0.05, 0.1) is 12.7 Å². The largest absolute Gasteiger partial charge is 0.433 e. The molecule has 1 aromatic rings. The summed E-state index contributed by atoms with van der Waals surface area (Å²) in [5.74, 6) is 0. The van der Waals surface area contributed by atoms with Crippen molar-refractivity contribution in [3.05, 3.63) is 18.0 Å². The van der Waals surface area contributed by atoms with Crippen molar-refractivity contribution < 1.29 is 42.3 Å². The highest BCUT2D eigenvalue weighted by Crippen LogP contribution is 2.27. The van der Waals surface area contributed by atoms with Gasteiger partial charge in [-0.2, -0.15) is 18.2 Å². The van der Waals surface area contributed by atoms with Gasteiger partial charge in [-0.05, 0) is 19.4 Å². The second-order valence-corrected chi connectivity index (χ2v) is 4.71. The topological polar surface area (TPSA) is 93.9 Å². The van der Waals surface area contributed by atoms with Crippen LogP contribution in [0.4, 0.5) is 17.7 Å². The summed E-state index contributed by atoms with van der Waals surface area (Å²) in [4.78, 5) is 8.72. The Morgan fingerprint density at radius 3 is 2.50 bits per heavy atom. The summed E-state index contributed by atoms with van der Waals surface area (Å²) < 4.78 is 57.1. The monoisotopic (exact) mass is 388 g/mol. The van der Waals surface area contributed by atoms with E-state index in [1.54, 1.807) is 0 Å². The van der Waals surface area contributed by atoms with Crippen molar-refractivity contribution in [3.8, 4) is 6.01 Å². The SMILES string of the molecule is CC.CCOCC1OCCC(O)C1O.FOc1nccc(C(F)(F)F)n1. The van der Waals surface area contributed by atoms with Crippen LogP contribution in [0, 0.1) is 0 Å². The van der Waals surface area contributed by atoms with E-state index in [4.69, 9.17) is 9.47 Å². The fraction of sp³-hybridized carbons (Fsp3) is 0.733. The van der Waals surface area contributed by atoms with Crippen LogP contribution in [0.3, 0.4) is 0 Å². The number of aliphatic hydroxyl groups is 2. The first kappa shape index (κ1) is 24.4. The molecule has 1 saturated heterocycles. The zero-order valence-corrected chi connectivity index (χ0v) is 14.7. The highest BCUT2D eigenvalue weighted by atomic mass is 19.4. The van der Waals surface area contributed by atoms with E-state index < -0.39 is 30.1 Å². The van der Waals surface area contributed by atoms with E-state index in [-0.39, 0.29) is 6.10 Å². The molecule has 3 unspecified atom stereocenters. The smallest absolute Gasteiger partial charge is 0.390 e. The second kappa shape index (κ2) is 12.7. The first-order chi connectivity index (χ1) is 12.3. The van der Waals surface area contributed by atoms with Crippen molar-refractivity contribution in [2.75, 3.05) is 19.8 Å². The lowest BCUT2D eigenvalue weighted by Gasteiger charge is -2.31. The molecule has 0 radical (unpaired) electrons. The Balaban J connectivity index is 0.000000439. The number of aromatic nitrogens is 2. The first-order valence-corrected chi connectivity index (χ1v) is 8.03. The Morgan fingerprint density at radius 2 is 1.96 bits per heavy atom. The van der Waals surface area contributed by atoms with Gasteiger partial charge in [0.1, 0.15) is 12.2 Å². The van der Waals surface area contributed by atoms with Crippen LogP contribution in [0.2, 0.25) is 0 Å². The van der Waals surface area contributed by atoms with Gasteiger partial charge in [-0.1, -0.05) is 13.8 Å². The number of aliphatic hydroxyl groups excluding tert-OH is 2. The van der Waals surface area contributed by atoms with Crippen molar-refractivity contribution in [3.63, 3.8) is 0 Å². The maximum absolute atomic E-state index is 11.8. The third-order valence-electron chi connectivity index (χ3n) is 3.00. The Labute approximate surface area is 148 Å². The van der Waals surface area contributed by atoms with Crippen molar-refractivity contribution >= 4 is 0 Å². The summed E-state index contributed by atoms with van der Waals surface area (Å²) in [6.07, 6.45) is -5.19. The van der Waals surface area contributed by atoms with E-state index in [1.807, 2.05) is 20.8 Å². The van der Waals surface area contributed by atoms with Gasteiger partial charge in [0, 0.05) is 23.9 Å². The van der Waals surface area contributed by atoms with E-state index in [0.717, 1.165) is 6.20 Å². The Bertz CT molecular complexity index is 493. The summed E-state index contributed by atoms with van der Waals surface area (Å²) in [6.45, 7) is 7.33. The van der Waals surface area contributed by atoms with E-state index >= 15 is 0 Å². The lowest BCUT2D eigenvalue weighted by molar-refractivity contribution is -0.154. The highest BCUT2D eigenvalue weighted by molar-refractivity contribution is 5.08. The molecular formula is C15H24F4N2O5. The minimum atomic E-state index is -4.61. The Hall–Kier alpha value is -1.56. The molecule has 7 nitrogen and oxygen atoms in total. The molecule has 1 aliphatic rings. The van der Waals surface area contributed by atoms with Gasteiger partial charge in [0.2, 0.25) is 0 Å². The second-order valence-electron chi connectivity index (χ2n) is 4.71. The predicted molar refractivity (Wildman–Crippen MR) is 83.0 cm³/mol. The van der Waals surface area contributed by atoms with Crippen molar-refractivity contribution in [2.24, 2.45) is 0 Å². The molecule has 0 bridgehead atoms. The molecule has 1 aromatic heterocycles. The number of nitrogens with zero attached hydrogens (tertiary/aromatic N) is 2. The molecule has 2 heterocycles. The highest BCUT2D eigenvalue weighted by Gasteiger charge is 2.33. The molecule has 0 spiro atoms. The fourth-order valence-electron chi connectivity index (χ4n) is 1.77. The quantitative estimate of drug-likeness (QED) is 0.765. The van der Waals surface area contributed by atoms with Crippen molar-refractivity contribution in [1.82, 2.24) is 9.97 Å². The number of halogens is 4. The fourth-order valence-corrected chi connectivity index (χ4v) is 1.77. The summed E-state index contributed by atoms with van der Waals surface area (Å²) in [5, 5.41) is 18.7.